The van der Waals surface area contributed by atoms with Gasteiger partial charge in [0.1, 0.15) is 12.0 Å². The Morgan fingerprint density at radius 2 is 1.84 bits per heavy atom. The van der Waals surface area contributed by atoms with Gasteiger partial charge in [0.2, 0.25) is 11.6 Å². The largest absolute Gasteiger partial charge is 0.448 e. The van der Waals surface area contributed by atoms with Crippen LogP contribution in [0, 0.1) is 11.8 Å². The van der Waals surface area contributed by atoms with Crippen LogP contribution in [-0.4, -0.2) is 50.7 Å². The van der Waals surface area contributed by atoms with E-state index in [2.05, 4.69) is 51.6 Å². The van der Waals surface area contributed by atoms with Crippen molar-refractivity contribution in [1.29, 1.82) is 0 Å². The van der Waals surface area contributed by atoms with Gasteiger partial charge in [-0.05, 0) is 62.0 Å². The summed E-state index contributed by atoms with van der Waals surface area (Å²) in [5.74, 6) is 2.33. The molecule has 3 N–H and O–H groups in total. The van der Waals surface area contributed by atoms with E-state index in [0.29, 0.717) is 23.8 Å². The fourth-order valence-corrected chi connectivity index (χ4v) is 8.45. The Morgan fingerprint density at radius 1 is 1.03 bits per heavy atom. The van der Waals surface area contributed by atoms with Gasteiger partial charge in [0, 0.05) is 25.3 Å². The molecule has 5 atom stereocenters. The number of aromatic amines is 1. The van der Waals surface area contributed by atoms with Crippen LogP contribution in [0.25, 0.3) is 0 Å². The van der Waals surface area contributed by atoms with Crippen molar-refractivity contribution in [3.05, 3.63) is 59.3 Å². The number of pyridine rings is 1. The molecule has 0 radical (unpaired) electrons. The van der Waals surface area contributed by atoms with Crippen LogP contribution in [0.3, 0.4) is 0 Å². The molecule has 6 heteroatoms. The molecule has 1 saturated carbocycles. The molecule has 3 fully saturated rings. The van der Waals surface area contributed by atoms with Crippen molar-refractivity contribution in [1.82, 2.24) is 4.90 Å². The number of aromatic nitrogens is 1. The predicted molar refractivity (Wildman–Crippen MR) is 146 cm³/mol. The van der Waals surface area contributed by atoms with E-state index in [4.69, 9.17) is 9.47 Å². The topological polar surface area (TPSA) is 69.5 Å². The lowest BCUT2D eigenvalue weighted by Crippen LogP contribution is -2.82. The minimum absolute atomic E-state index is 0.000201. The molecule has 2 unspecified atom stereocenters. The van der Waals surface area contributed by atoms with E-state index in [1.165, 1.54) is 43.2 Å². The van der Waals surface area contributed by atoms with Gasteiger partial charge in [-0.3, -0.25) is 4.79 Å². The zero-order valence-corrected chi connectivity index (χ0v) is 23.2. The molecular formula is C32H45N3O3+2. The van der Waals surface area contributed by atoms with E-state index in [0.717, 1.165) is 56.9 Å². The third-order valence-corrected chi connectivity index (χ3v) is 10.4. The Morgan fingerprint density at radius 3 is 2.61 bits per heavy atom. The molecule has 2 saturated heterocycles. The van der Waals surface area contributed by atoms with Gasteiger partial charge in [0.25, 0.3) is 0 Å². The number of fused-ring (bicyclic) bond motifs is 2. The maximum atomic E-state index is 14.7. The van der Waals surface area contributed by atoms with Gasteiger partial charge in [0.05, 0.1) is 31.7 Å². The van der Waals surface area contributed by atoms with Gasteiger partial charge in [-0.15, -0.1) is 0 Å². The Balaban J connectivity index is 1.31. The summed E-state index contributed by atoms with van der Waals surface area (Å²) in [5.41, 5.74) is 3.65. The second kappa shape index (κ2) is 11.0. The minimum atomic E-state index is -0.155. The Labute approximate surface area is 227 Å². The molecule has 38 heavy (non-hydrogen) atoms. The van der Waals surface area contributed by atoms with Crippen LogP contribution in [0.1, 0.15) is 86.6 Å². The van der Waals surface area contributed by atoms with Crippen LogP contribution in [0.15, 0.2) is 42.5 Å². The number of carbonyl (C=O) groups excluding carboxylic acids is 1. The summed E-state index contributed by atoms with van der Waals surface area (Å²) in [7, 11) is 3.48. The molecule has 0 bridgehead atoms. The molecule has 1 amide bonds. The first-order valence-corrected chi connectivity index (χ1v) is 14.9. The van der Waals surface area contributed by atoms with Crippen LogP contribution < -0.4 is 15.0 Å². The van der Waals surface area contributed by atoms with Gasteiger partial charge >= 0.3 is 5.88 Å². The van der Waals surface area contributed by atoms with E-state index >= 15 is 0 Å². The average Bonchev–Trinajstić information content (AvgIpc) is 3.41. The molecular weight excluding hydrogens is 474 g/mol. The number of methoxy groups -OCH3 is 2. The average molecular weight is 520 g/mol. The molecule has 1 aromatic heterocycles. The number of nitrogens with one attached hydrogen (secondary N) is 1. The fourth-order valence-electron chi connectivity index (χ4n) is 8.45. The first-order valence-electron chi connectivity index (χ1n) is 14.9. The number of H-pyrrole nitrogens is 1. The highest BCUT2D eigenvalue weighted by molar-refractivity contribution is 5.82. The summed E-state index contributed by atoms with van der Waals surface area (Å²) in [4.78, 5) is 20.6. The number of nitrogens with two attached hydrogens (primary N) is 1. The second-order valence-electron chi connectivity index (χ2n) is 12.2. The van der Waals surface area contributed by atoms with Gasteiger partial charge in [0.15, 0.2) is 0 Å². The number of amides is 1. The number of likely N-dealkylation sites (tertiary alicyclic amines) is 1. The number of piperidine rings is 1. The molecule has 3 heterocycles. The molecule has 2 aromatic rings. The predicted octanol–water partition coefficient (Wildman–Crippen LogP) is 3.78. The summed E-state index contributed by atoms with van der Waals surface area (Å²) < 4.78 is 11.4. The van der Waals surface area contributed by atoms with E-state index in [1.807, 2.05) is 6.07 Å². The number of quaternary nitrogens is 1. The number of carbonyl (C=O) groups is 1. The minimum Gasteiger partial charge on any atom is -0.448 e. The molecule has 4 aliphatic rings. The molecule has 6 nitrogen and oxygen atoms in total. The summed E-state index contributed by atoms with van der Waals surface area (Å²) in [6.45, 7) is 2.72. The maximum absolute atomic E-state index is 14.7. The summed E-state index contributed by atoms with van der Waals surface area (Å²) in [6, 6.07) is 15.6. The molecule has 204 valence electrons. The van der Waals surface area contributed by atoms with Crippen LogP contribution >= 0.6 is 0 Å². The van der Waals surface area contributed by atoms with Crippen molar-refractivity contribution in [2.45, 2.75) is 81.3 Å². The van der Waals surface area contributed by atoms with E-state index in [1.54, 1.807) is 14.2 Å². The van der Waals surface area contributed by atoms with Gasteiger partial charge in [-0.2, -0.15) is 4.98 Å². The van der Waals surface area contributed by atoms with Crippen molar-refractivity contribution < 1.29 is 24.6 Å². The standard InChI is InChI=1S/C32H43N3O3/c1-37-28-15-17-32(25-13-14-29(38-2)34-30(25)28)21-33-20-26(32)31(36)35-18-16-24(22-9-5-3-6-10-22)19-27(35)23-11-7-4-8-12-23/h3,5-6,9-10,13-14,23-24,26-28,33H,4,7-8,11-12,15-21H2,1-2H3/p+2/t24-,26?,27+,28?,32+/m1/s1. The molecule has 1 spiro atoms. The van der Waals surface area contributed by atoms with Crippen LogP contribution in [0.2, 0.25) is 0 Å². The summed E-state index contributed by atoms with van der Waals surface area (Å²) in [5, 5.41) is 2.38. The zero-order chi connectivity index (χ0) is 26.1. The normalized spacial score (nSPS) is 31.8. The quantitative estimate of drug-likeness (QED) is 0.654. The Kier molecular flexibility index (Phi) is 7.45. The third kappa shape index (κ3) is 4.54. The number of ether oxygens (including phenoxy) is 2. The number of hydrogen-bond acceptors (Lipinski definition) is 3. The van der Waals surface area contributed by atoms with E-state index in [-0.39, 0.29) is 17.4 Å². The molecule has 1 aromatic carbocycles. The number of nitrogens with zero attached hydrogens (tertiary/aromatic N) is 1. The van der Waals surface area contributed by atoms with Crippen molar-refractivity contribution in [3.8, 4) is 5.88 Å². The highest BCUT2D eigenvalue weighted by Crippen LogP contribution is 2.48. The summed E-state index contributed by atoms with van der Waals surface area (Å²) >= 11 is 0. The highest BCUT2D eigenvalue weighted by Gasteiger charge is 2.58. The van der Waals surface area contributed by atoms with Crippen LogP contribution in [0.4, 0.5) is 0 Å². The van der Waals surface area contributed by atoms with Crippen molar-refractivity contribution in [3.63, 3.8) is 0 Å². The van der Waals surface area contributed by atoms with Crippen LogP contribution in [-0.2, 0) is 14.9 Å². The monoisotopic (exact) mass is 519 g/mol. The number of benzene rings is 1. The SMILES string of the molecule is COc1ccc2c([nH+]1)C(OC)CC[C@]21C[NH2+]CC1C(=O)N1CC[C@@H](c2ccccc2)C[C@H]1C1CCCCC1. The Hall–Kier alpha value is -2.44. The van der Waals surface area contributed by atoms with Crippen molar-refractivity contribution in [2.24, 2.45) is 11.8 Å². The highest BCUT2D eigenvalue weighted by atomic mass is 16.5. The second-order valence-corrected chi connectivity index (χ2v) is 12.2. The van der Waals surface area contributed by atoms with Crippen molar-refractivity contribution >= 4 is 5.91 Å². The van der Waals surface area contributed by atoms with E-state index in [9.17, 15) is 4.79 Å². The van der Waals surface area contributed by atoms with Gasteiger partial charge < -0.3 is 19.7 Å². The third-order valence-electron chi connectivity index (χ3n) is 10.4. The van der Waals surface area contributed by atoms with Crippen LogP contribution in [0.5, 0.6) is 5.88 Å². The van der Waals surface area contributed by atoms with Gasteiger partial charge in [-0.1, -0.05) is 49.6 Å². The lowest BCUT2D eigenvalue weighted by Gasteiger charge is -2.47. The molecule has 2 aliphatic heterocycles. The lowest BCUT2D eigenvalue weighted by molar-refractivity contribution is -0.640. The zero-order valence-electron chi connectivity index (χ0n) is 23.2. The number of hydrogen-bond donors (Lipinski definition) is 1. The Bertz CT molecular complexity index is 1120. The molecule has 6 rings (SSSR count). The first-order chi connectivity index (χ1) is 18.6. The van der Waals surface area contributed by atoms with Gasteiger partial charge in [-0.25, -0.2) is 0 Å². The fraction of sp³-hybridized carbons (Fsp3) is 0.625. The maximum Gasteiger partial charge on any atom is 0.366 e. The first kappa shape index (κ1) is 25.8. The molecule has 2 aliphatic carbocycles. The summed E-state index contributed by atoms with van der Waals surface area (Å²) in [6.07, 6.45) is 10.6. The van der Waals surface area contributed by atoms with E-state index < -0.39 is 0 Å². The smallest absolute Gasteiger partial charge is 0.366 e. The number of rotatable bonds is 5. The lowest BCUT2D eigenvalue weighted by atomic mass is 9.64. The van der Waals surface area contributed by atoms with Crippen molar-refractivity contribution in [2.75, 3.05) is 33.9 Å².